The predicted molar refractivity (Wildman–Crippen MR) is 74.1 cm³/mol. The highest BCUT2D eigenvalue weighted by Crippen LogP contribution is 2.21. The lowest BCUT2D eigenvalue weighted by Gasteiger charge is -2.22. The minimum atomic E-state index is -0.350. The highest BCUT2D eigenvalue weighted by Gasteiger charge is 2.15. The number of aliphatic hydroxyl groups excluding tert-OH is 1. The van der Waals surface area contributed by atoms with Crippen molar-refractivity contribution in [1.29, 1.82) is 0 Å². The number of rotatable bonds is 4. The number of ether oxygens (including phenoxy) is 2. The summed E-state index contributed by atoms with van der Waals surface area (Å²) in [5.41, 5.74) is 0.635. The maximum Gasteiger partial charge on any atom is 0.137 e. The van der Waals surface area contributed by atoms with Crippen LogP contribution in [0.1, 0.15) is 31.2 Å². The van der Waals surface area contributed by atoms with Crippen LogP contribution in [0.3, 0.4) is 0 Å². The summed E-state index contributed by atoms with van der Waals surface area (Å²) in [5, 5.41) is 8.72. The molecule has 1 heterocycles. The van der Waals surface area contributed by atoms with Crippen molar-refractivity contribution in [3.05, 3.63) is 29.6 Å². The summed E-state index contributed by atoms with van der Waals surface area (Å²) in [7, 11) is 0. The lowest BCUT2D eigenvalue weighted by atomic mass is 10.1. The van der Waals surface area contributed by atoms with Crippen LogP contribution in [0.5, 0.6) is 5.75 Å². The Kier molecular flexibility index (Phi) is 5.85. The summed E-state index contributed by atoms with van der Waals surface area (Å²) in [5.74, 6) is 5.79. The van der Waals surface area contributed by atoms with E-state index in [0.29, 0.717) is 24.3 Å². The molecular formula is C16H19FO3. The molecule has 0 bridgehead atoms. The van der Waals surface area contributed by atoms with Crippen LogP contribution in [0.4, 0.5) is 4.39 Å². The second-order valence-electron chi connectivity index (χ2n) is 4.72. The lowest BCUT2D eigenvalue weighted by Crippen LogP contribution is -2.26. The van der Waals surface area contributed by atoms with Gasteiger partial charge < -0.3 is 14.6 Å². The number of hydrogen-bond acceptors (Lipinski definition) is 3. The Morgan fingerprint density at radius 3 is 3.05 bits per heavy atom. The Morgan fingerprint density at radius 2 is 2.30 bits per heavy atom. The Balaban J connectivity index is 2.01. The van der Waals surface area contributed by atoms with Crippen LogP contribution in [-0.4, -0.2) is 31.0 Å². The molecule has 2 rings (SSSR count). The summed E-state index contributed by atoms with van der Waals surface area (Å²) >= 11 is 0. The fraction of sp³-hybridized carbons (Fsp3) is 0.500. The molecule has 1 aromatic rings. The van der Waals surface area contributed by atoms with Gasteiger partial charge in [0, 0.05) is 19.1 Å². The van der Waals surface area contributed by atoms with E-state index >= 15 is 0 Å². The zero-order valence-electron chi connectivity index (χ0n) is 11.4. The molecule has 20 heavy (non-hydrogen) atoms. The monoisotopic (exact) mass is 278 g/mol. The van der Waals surface area contributed by atoms with Crippen molar-refractivity contribution in [2.75, 3.05) is 19.8 Å². The van der Waals surface area contributed by atoms with Crippen molar-refractivity contribution in [2.45, 2.75) is 31.8 Å². The SMILES string of the molecule is OCCC#Cc1ccc(F)cc1OCC1CCCCO1. The van der Waals surface area contributed by atoms with Crippen molar-refractivity contribution in [3.8, 4) is 17.6 Å². The van der Waals surface area contributed by atoms with E-state index in [4.69, 9.17) is 14.6 Å². The van der Waals surface area contributed by atoms with Crippen LogP contribution in [0.2, 0.25) is 0 Å². The zero-order valence-corrected chi connectivity index (χ0v) is 11.4. The maximum atomic E-state index is 13.3. The number of hydrogen-bond donors (Lipinski definition) is 1. The standard InChI is InChI=1S/C16H19FO3/c17-14-8-7-13(5-1-3-9-18)16(11-14)20-12-15-6-2-4-10-19-15/h7-8,11,15,18H,2-4,6,9-10,12H2. The van der Waals surface area contributed by atoms with E-state index in [1.54, 1.807) is 6.07 Å². The Labute approximate surface area is 118 Å². The van der Waals surface area contributed by atoms with Crippen LogP contribution in [-0.2, 0) is 4.74 Å². The van der Waals surface area contributed by atoms with Crippen molar-refractivity contribution < 1.29 is 19.0 Å². The van der Waals surface area contributed by atoms with E-state index in [1.807, 2.05) is 0 Å². The van der Waals surface area contributed by atoms with E-state index in [9.17, 15) is 4.39 Å². The largest absolute Gasteiger partial charge is 0.489 e. The second-order valence-corrected chi connectivity index (χ2v) is 4.72. The molecule has 0 amide bonds. The van der Waals surface area contributed by atoms with Gasteiger partial charge in [0.05, 0.1) is 18.3 Å². The summed E-state index contributed by atoms with van der Waals surface area (Å²) in [4.78, 5) is 0. The van der Waals surface area contributed by atoms with E-state index < -0.39 is 0 Å². The minimum absolute atomic E-state index is 0.0142. The molecule has 1 aliphatic rings. The first-order chi connectivity index (χ1) is 9.79. The fourth-order valence-corrected chi connectivity index (χ4v) is 2.05. The summed E-state index contributed by atoms with van der Waals surface area (Å²) in [6.45, 7) is 1.19. The fourth-order valence-electron chi connectivity index (χ4n) is 2.05. The highest BCUT2D eigenvalue weighted by atomic mass is 19.1. The molecule has 108 valence electrons. The van der Waals surface area contributed by atoms with Crippen molar-refractivity contribution in [1.82, 2.24) is 0 Å². The number of halogens is 1. The van der Waals surface area contributed by atoms with Crippen molar-refractivity contribution in [3.63, 3.8) is 0 Å². The van der Waals surface area contributed by atoms with Crippen LogP contribution in [0.15, 0.2) is 18.2 Å². The molecule has 1 atom stereocenters. The van der Waals surface area contributed by atoms with E-state index in [-0.39, 0.29) is 18.5 Å². The average Bonchev–Trinajstić information content (AvgIpc) is 2.48. The molecule has 1 saturated heterocycles. The van der Waals surface area contributed by atoms with Gasteiger partial charge in [-0.1, -0.05) is 11.8 Å². The van der Waals surface area contributed by atoms with Gasteiger partial charge in [-0.25, -0.2) is 4.39 Å². The summed E-state index contributed by atoms with van der Waals surface area (Å²) < 4.78 is 24.5. The lowest BCUT2D eigenvalue weighted by molar-refractivity contribution is -0.0111. The third-order valence-electron chi connectivity index (χ3n) is 3.10. The second kappa shape index (κ2) is 7.88. The molecule has 0 aromatic heterocycles. The van der Waals surface area contributed by atoms with Crippen LogP contribution >= 0.6 is 0 Å². The van der Waals surface area contributed by atoms with Gasteiger partial charge >= 0.3 is 0 Å². The van der Waals surface area contributed by atoms with Crippen molar-refractivity contribution in [2.24, 2.45) is 0 Å². The molecule has 0 aliphatic carbocycles. The molecule has 4 heteroatoms. The first-order valence-electron chi connectivity index (χ1n) is 6.93. The number of benzene rings is 1. The summed E-state index contributed by atoms with van der Waals surface area (Å²) in [6, 6.07) is 4.29. The molecule has 1 fully saturated rings. The molecule has 1 aromatic carbocycles. The van der Waals surface area contributed by atoms with Crippen LogP contribution in [0, 0.1) is 17.7 Å². The van der Waals surface area contributed by atoms with Gasteiger partial charge in [0.25, 0.3) is 0 Å². The molecule has 1 N–H and O–H groups in total. The normalized spacial score (nSPS) is 18.2. The average molecular weight is 278 g/mol. The molecule has 0 radical (unpaired) electrons. The zero-order chi connectivity index (χ0) is 14.2. The molecule has 3 nitrogen and oxygen atoms in total. The molecular weight excluding hydrogens is 259 g/mol. The molecule has 1 unspecified atom stereocenters. The minimum Gasteiger partial charge on any atom is -0.489 e. The highest BCUT2D eigenvalue weighted by molar-refractivity contribution is 5.46. The molecule has 1 aliphatic heterocycles. The molecule has 0 spiro atoms. The Hall–Kier alpha value is -1.57. The predicted octanol–water partition coefficient (Wildman–Crippen LogP) is 2.51. The number of aliphatic hydroxyl groups is 1. The van der Waals surface area contributed by atoms with E-state index in [2.05, 4.69) is 11.8 Å². The van der Waals surface area contributed by atoms with Gasteiger partial charge in [-0.15, -0.1) is 0 Å². The van der Waals surface area contributed by atoms with Crippen molar-refractivity contribution >= 4 is 0 Å². The van der Waals surface area contributed by atoms with Crippen LogP contribution < -0.4 is 4.74 Å². The van der Waals surface area contributed by atoms with Gasteiger partial charge in [0.1, 0.15) is 18.2 Å². The van der Waals surface area contributed by atoms with Gasteiger partial charge in [0.15, 0.2) is 0 Å². The third kappa shape index (κ3) is 4.52. The summed E-state index contributed by atoms with van der Waals surface area (Å²) in [6.07, 6.45) is 3.67. The van der Waals surface area contributed by atoms with Gasteiger partial charge in [-0.3, -0.25) is 0 Å². The van der Waals surface area contributed by atoms with Crippen LogP contribution in [0.25, 0.3) is 0 Å². The van der Waals surface area contributed by atoms with Gasteiger partial charge in [0.2, 0.25) is 0 Å². The quantitative estimate of drug-likeness (QED) is 0.860. The van der Waals surface area contributed by atoms with Gasteiger partial charge in [-0.05, 0) is 31.4 Å². The first kappa shape index (κ1) is 14.8. The Bertz CT molecular complexity index is 484. The third-order valence-corrected chi connectivity index (χ3v) is 3.10. The smallest absolute Gasteiger partial charge is 0.137 e. The van der Waals surface area contributed by atoms with Gasteiger partial charge in [-0.2, -0.15) is 0 Å². The Morgan fingerprint density at radius 1 is 1.40 bits per heavy atom. The van der Waals surface area contributed by atoms with E-state index in [0.717, 1.165) is 25.9 Å². The first-order valence-corrected chi connectivity index (χ1v) is 6.93. The molecule has 0 saturated carbocycles. The topological polar surface area (TPSA) is 38.7 Å². The van der Waals surface area contributed by atoms with E-state index in [1.165, 1.54) is 12.1 Å². The maximum absolute atomic E-state index is 13.3.